The van der Waals surface area contributed by atoms with Crippen LogP contribution in [0.15, 0.2) is 0 Å². The molecule has 0 aliphatic rings. The van der Waals surface area contributed by atoms with Crippen molar-refractivity contribution >= 4 is 10.0 Å². The first-order valence-electron chi connectivity index (χ1n) is 3.03. The Labute approximate surface area is 61.9 Å². The maximum Gasteiger partial charge on any atom is 0.211 e. The van der Waals surface area contributed by atoms with E-state index >= 15 is 0 Å². The molecule has 0 aromatic rings. The van der Waals surface area contributed by atoms with Crippen LogP contribution in [-0.4, -0.2) is 20.7 Å². The summed E-state index contributed by atoms with van der Waals surface area (Å²) in [5.74, 6) is 2.45. The third-order valence-corrected chi connectivity index (χ3v) is 2.38. The molecule has 0 aliphatic heterocycles. The zero-order valence-electron chi connectivity index (χ0n) is 5.92. The van der Waals surface area contributed by atoms with Gasteiger partial charge in [-0.3, -0.25) is 0 Å². The monoisotopic (exact) mass is 161 g/mol. The lowest BCUT2D eigenvalue weighted by Crippen LogP contribution is -2.25. The average Bonchev–Trinajstić information content (AvgIpc) is 1.89. The number of hydrogen-bond donors (Lipinski definition) is 1. The van der Waals surface area contributed by atoms with E-state index in [0.717, 1.165) is 0 Å². The average molecular weight is 161 g/mol. The van der Waals surface area contributed by atoms with Gasteiger partial charge in [0.15, 0.2) is 0 Å². The number of rotatable bonds is 4. The SMILES string of the molecule is C#CCCNS(=O)(=O)CC. The molecule has 4 heteroatoms. The second-order valence-electron chi connectivity index (χ2n) is 1.75. The quantitative estimate of drug-likeness (QED) is 0.464. The molecular weight excluding hydrogens is 150 g/mol. The van der Waals surface area contributed by atoms with Crippen molar-refractivity contribution < 1.29 is 8.42 Å². The summed E-state index contributed by atoms with van der Waals surface area (Å²) in [4.78, 5) is 0. The molecule has 0 aliphatic carbocycles. The summed E-state index contributed by atoms with van der Waals surface area (Å²) in [7, 11) is -3.04. The molecule has 0 spiro atoms. The Morgan fingerprint density at radius 3 is 2.60 bits per heavy atom. The van der Waals surface area contributed by atoms with Gasteiger partial charge in [0, 0.05) is 13.0 Å². The molecule has 0 aromatic carbocycles. The molecule has 0 atom stereocenters. The van der Waals surface area contributed by atoms with Gasteiger partial charge in [-0.1, -0.05) is 0 Å². The molecule has 0 heterocycles. The van der Waals surface area contributed by atoms with Crippen LogP contribution < -0.4 is 4.72 Å². The molecular formula is C6H11NO2S. The van der Waals surface area contributed by atoms with Gasteiger partial charge in [0.05, 0.1) is 5.75 Å². The Morgan fingerprint density at radius 2 is 2.20 bits per heavy atom. The molecule has 0 radical (unpaired) electrons. The van der Waals surface area contributed by atoms with E-state index in [1.807, 2.05) is 0 Å². The van der Waals surface area contributed by atoms with Crippen molar-refractivity contribution in [3.8, 4) is 12.3 Å². The van der Waals surface area contributed by atoms with Gasteiger partial charge in [-0.25, -0.2) is 13.1 Å². The van der Waals surface area contributed by atoms with E-state index in [0.29, 0.717) is 13.0 Å². The van der Waals surface area contributed by atoms with Crippen LogP contribution in [0.5, 0.6) is 0 Å². The molecule has 0 aromatic heterocycles. The van der Waals surface area contributed by atoms with Crippen LogP contribution in [0.3, 0.4) is 0 Å². The fourth-order valence-electron chi connectivity index (χ4n) is 0.381. The molecule has 0 saturated heterocycles. The molecule has 0 amide bonds. The topological polar surface area (TPSA) is 46.2 Å². The molecule has 0 rings (SSSR count). The van der Waals surface area contributed by atoms with Crippen LogP contribution in [-0.2, 0) is 10.0 Å². The highest BCUT2D eigenvalue weighted by molar-refractivity contribution is 7.89. The molecule has 0 saturated carbocycles. The second-order valence-corrected chi connectivity index (χ2v) is 3.85. The van der Waals surface area contributed by atoms with E-state index < -0.39 is 10.0 Å². The highest BCUT2D eigenvalue weighted by Crippen LogP contribution is 1.81. The summed E-state index contributed by atoms with van der Waals surface area (Å²) in [6, 6.07) is 0. The first-order chi connectivity index (χ1) is 4.62. The van der Waals surface area contributed by atoms with Crippen molar-refractivity contribution in [2.24, 2.45) is 0 Å². The Kier molecular flexibility index (Phi) is 4.08. The van der Waals surface area contributed by atoms with Crippen LogP contribution in [0.4, 0.5) is 0 Å². The van der Waals surface area contributed by atoms with Crippen LogP contribution in [0.2, 0.25) is 0 Å². The smallest absolute Gasteiger partial charge is 0.211 e. The second kappa shape index (κ2) is 4.31. The lowest BCUT2D eigenvalue weighted by molar-refractivity contribution is 0.584. The van der Waals surface area contributed by atoms with E-state index in [2.05, 4.69) is 10.6 Å². The lowest BCUT2D eigenvalue weighted by Gasteiger charge is -1.99. The first-order valence-corrected chi connectivity index (χ1v) is 4.68. The minimum absolute atomic E-state index is 0.109. The van der Waals surface area contributed by atoms with Crippen molar-refractivity contribution in [2.45, 2.75) is 13.3 Å². The minimum Gasteiger partial charge on any atom is -0.214 e. The number of sulfonamides is 1. The van der Waals surface area contributed by atoms with Crippen molar-refractivity contribution in [3.63, 3.8) is 0 Å². The molecule has 0 fully saturated rings. The normalized spacial score (nSPS) is 10.8. The summed E-state index contributed by atoms with van der Waals surface area (Å²) >= 11 is 0. The standard InChI is InChI=1S/C6H11NO2S/c1-3-5-6-7-10(8,9)4-2/h1,7H,4-6H2,2H3. The van der Waals surface area contributed by atoms with E-state index in [1.54, 1.807) is 6.92 Å². The maximum atomic E-state index is 10.7. The Morgan fingerprint density at radius 1 is 1.60 bits per heavy atom. The number of terminal acetylenes is 1. The molecule has 0 unspecified atom stereocenters. The Balaban J connectivity index is 3.61. The fraction of sp³-hybridized carbons (Fsp3) is 0.667. The van der Waals surface area contributed by atoms with Gasteiger partial charge in [0.1, 0.15) is 0 Å². The lowest BCUT2D eigenvalue weighted by atomic mass is 10.5. The van der Waals surface area contributed by atoms with Gasteiger partial charge in [-0.05, 0) is 6.92 Å². The maximum absolute atomic E-state index is 10.7. The predicted octanol–water partition coefficient (Wildman–Crippen LogP) is -0.0510. The highest BCUT2D eigenvalue weighted by atomic mass is 32.2. The molecule has 3 nitrogen and oxygen atoms in total. The van der Waals surface area contributed by atoms with Crippen molar-refractivity contribution in [1.82, 2.24) is 4.72 Å². The van der Waals surface area contributed by atoms with E-state index in [1.165, 1.54) is 0 Å². The van der Waals surface area contributed by atoms with Gasteiger partial charge in [0.25, 0.3) is 0 Å². The number of hydrogen-bond acceptors (Lipinski definition) is 2. The zero-order valence-corrected chi connectivity index (χ0v) is 6.74. The summed E-state index contributed by atoms with van der Waals surface area (Å²) < 4.78 is 23.7. The Hall–Kier alpha value is -0.530. The summed E-state index contributed by atoms with van der Waals surface area (Å²) in [5, 5.41) is 0. The van der Waals surface area contributed by atoms with Crippen molar-refractivity contribution in [2.75, 3.05) is 12.3 Å². The van der Waals surface area contributed by atoms with Crippen LogP contribution in [0.25, 0.3) is 0 Å². The van der Waals surface area contributed by atoms with E-state index in [4.69, 9.17) is 6.42 Å². The van der Waals surface area contributed by atoms with Gasteiger partial charge in [-0.2, -0.15) is 0 Å². The van der Waals surface area contributed by atoms with Gasteiger partial charge < -0.3 is 0 Å². The predicted molar refractivity (Wildman–Crippen MR) is 40.9 cm³/mol. The molecule has 1 N–H and O–H groups in total. The summed E-state index contributed by atoms with van der Waals surface area (Å²) in [6.45, 7) is 1.92. The third kappa shape index (κ3) is 4.36. The van der Waals surface area contributed by atoms with Gasteiger partial charge >= 0.3 is 0 Å². The third-order valence-electron chi connectivity index (χ3n) is 0.971. The van der Waals surface area contributed by atoms with E-state index in [9.17, 15) is 8.42 Å². The Bertz CT molecular complexity index is 212. The van der Waals surface area contributed by atoms with E-state index in [-0.39, 0.29) is 5.75 Å². The molecule has 0 bridgehead atoms. The van der Waals surface area contributed by atoms with Gasteiger partial charge in [0.2, 0.25) is 10.0 Å². The van der Waals surface area contributed by atoms with Crippen LogP contribution >= 0.6 is 0 Å². The largest absolute Gasteiger partial charge is 0.214 e. The van der Waals surface area contributed by atoms with Crippen molar-refractivity contribution in [3.05, 3.63) is 0 Å². The van der Waals surface area contributed by atoms with Crippen LogP contribution in [0.1, 0.15) is 13.3 Å². The summed E-state index contributed by atoms with van der Waals surface area (Å²) in [6.07, 6.45) is 5.36. The minimum atomic E-state index is -3.04. The zero-order chi connectivity index (χ0) is 8.04. The van der Waals surface area contributed by atoms with Crippen molar-refractivity contribution in [1.29, 1.82) is 0 Å². The van der Waals surface area contributed by atoms with Gasteiger partial charge in [-0.15, -0.1) is 12.3 Å². The number of nitrogens with one attached hydrogen (secondary N) is 1. The molecule has 58 valence electrons. The highest BCUT2D eigenvalue weighted by Gasteiger charge is 2.02. The first kappa shape index (κ1) is 9.47. The fourth-order valence-corrected chi connectivity index (χ4v) is 0.998. The molecule has 10 heavy (non-hydrogen) atoms. The van der Waals surface area contributed by atoms with Crippen LogP contribution in [0, 0.1) is 12.3 Å². The summed E-state index contributed by atoms with van der Waals surface area (Å²) in [5.41, 5.74) is 0.